The van der Waals surface area contributed by atoms with Crippen molar-refractivity contribution in [3.05, 3.63) is 42.2 Å². The molecule has 1 heterocycles. The van der Waals surface area contributed by atoms with E-state index in [1.807, 2.05) is 32.2 Å². The zero-order valence-corrected chi connectivity index (χ0v) is 7.54. The van der Waals surface area contributed by atoms with Crippen molar-refractivity contribution in [2.75, 3.05) is 7.05 Å². The van der Waals surface area contributed by atoms with Crippen LogP contribution in [-0.2, 0) is 0 Å². The van der Waals surface area contributed by atoms with Gasteiger partial charge in [-0.15, -0.1) is 0 Å². The van der Waals surface area contributed by atoms with E-state index in [1.165, 1.54) is 0 Å². The van der Waals surface area contributed by atoms with Gasteiger partial charge in [-0.1, -0.05) is 18.2 Å². The molecule has 1 N–H and O–H groups in total. The molecule has 0 bridgehead atoms. The van der Waals surface area contributed by atoms with Gasteiger partial charge in [0.2, 0.25) is 0 Å². The van der Waals surface area contributed by atoms with Gasteiger partial charge in [0.05, 0.1) is 11.7 Å². The number of aromatic nitrogens is 1. The molecule has 0 aliphatic carbocycles. The van der Waals surface area contributed by atoms with E-state index < -0.39 is 0 Å². The van der Waals surface area contributed by atoms with Crippen LogP contribution in [0.1, 0.15) is 18.7 Å². The Labute approximate surface area is 73.3 Å². The van der Waals surface area contributed by atoms with Gasteiger partial charge in [-0.2, -0.15) is 0 Å². The second-order valence-corrected chi connectivity index (χ2v) is 2.82. The molecule has 0 saturated carbocycles. The topological polar surface area (TPSA) is 24.9 Å². The van der Waals surface area contributed by atoms with Gasteiger partial charge in [-0.3, -0.25) is 4.98 Å². The van der Waals surface area contributed by atoms with Crippen LogP contribution >= 0.6 is 0 Å². The highest BCUT2D eigenvalue weighted by Crippen LogP contribution is 2.15. The monoisotopic (exact) mass is 162 g/mol. The standard InChI is InChI=1S/C10H14N2/c1-8(2)10(11-3)9-6-4-5-7-12-9/h4-7,10-11H,1H2,2-3H3. The molecular weight excluding hydrogens is 148 g/mol. The van der Waals surface area contributed by atoms with E-state index in [-0.39, 0.29) is 6.04 Å². The molecule has 2 nitrogen and oxygen atoms in total. The molecule has 64 valence electrons. The van der Waals surface area contributed by atoms with Crippen LogP contribution in [0, 0.1) is 0 Å². The minimum Gasteiger partial charge on any atom is -0.308 e. The van der Waals surface area contributed by atoms with Crippen molar-refractivity contribution in [1.29, 1.82) is 0 Å². The van der Waals surface area contributed by atoms with E-state index in [1.54, 1.807) is 6.20 Å². The molecule has 0 aromatic carbocycles. The number of hydrogen-bond donors (Lipinski definition) is 1. The zero-order valence-electron chi connectivity index (χ0n) is 7.54. The van der Waals surface area contributed by atoms with Gasteiger partial charge in [0.15, 0.2) is 0 Å². The quantitative estimate of drug-likeness (QED) is 0.687. The van der Waals surface area contributed by atoms with E-state index in [0.717, 1.165) is 11.3 Å². The zero-order chi connectivity index (χ0) is 8.97. The fourth-order valence-corrected chi connectivity index (χ4v) is 1.19. The van der Waals surface area contributed by atoms with Crippen LogP contribution in [0.2, 0.25) is 0 Å². The molecule has 1 atom stereocenters. The first kappa shape index (κ1) is 8.94. The summed E-state index contributed by atoms with van der Waals surface area (Å²) in [5, 5.41) is 3.16. The molecule has 1 aromatic heterocycles. The molecule has 1 aromatic rings. The number of likely N-dealkylation sites (N-methyl/N-ethyl adjacent to an activating group) is 1. The fraction of sp³-hybridized carbons (Fsp3) is 0.300. The number of nitrogens with zero attached hydrogens (tertiary/aromatic N) is 1. The maximum atomic E-state index is 4.25. The number of rotatable bonds is 3. The van der Waals surface area contributed by atoms with E-state index >= 15 is 0 Å². The first-order valence-corrected chi connectivity index (χ1v) is 3.99. The number of nitrogens with one attached hydrogen (secondary N) is 1. The number of pyridine rings is 1. The maximum absolute atomic E-state index is 4.25. The van der Waals surface area contributed by atoms with Crippen LogP contribution < -0.4 is 5.32 Å². The second kappa shape index (κ2) is 4.02. The predicted molar refractivity (Wildman–Crippen MR) is 50.9 cm³/mol. The van der Waals surface area contributed by atoms with Gasteiger partial charge in [-0.05, 0) is 26.1 Å². The average molecular weight is 162 g/mol. The van der Waals surface area contributed by atoms with Crippen molar-refractivity contribution >= 4 is 0 Å². The Kier molecular flexibility index (Phi) is 3.00. The molecule has 1 rings (SSSR count). The lowest BCUT2D eigenvalue weighted by atomic mass is 10.1. The molecule has 12 heavy (non-hydrogen) atoms. The number of hydrogen-bond acceptors (Lipinski definition) is 2. The smallest absolute Gasteiger partial charge is 0.0703 e. The molecule has 2 heteroatoms. The average Bonchev–Trinajstić information content (AvgIpc) is 2.07. The Bertz CT molecular complexity index is 254. The van der Waals surface area contributed by atoms with Crippen LogP contribution in [0.15, 0.2) is 36.5 Å². The Morgan fingerprint density at radius 3 is 2.75 bits per heavy atom. The third-order valence-corrected chi connectivity index (χ3v) is 1.77. The van der Waals surface area contributed by atoms with Crippen molar-refractivity contribution in [3.8, 4) is 0 Å². The van der Waals surface area contributed by atoms with Crippen molar-refractivity contribution in [2.24, 2.45) is 0 Å². The van der Waals surface area contributed by atoms with Crippen molar-refractivity contribution in [1.82, 2.24) is 10.3 Å². The summed E-state index contributed by atoms with van der Waals surface area (Å²) in [7, 11) is 1.91. The molecule has 0 aliphatic heterocycles. The predicted octanol–water partition coefficient (Wildman–Crippen LogP) is 1.92. The summed E-state index contributed by atoms with van der Waals surface area (Å²) in [5.41, 5.74) is 2.10. The van der Waals surface area contributed by atoms with Crippen LogP contribution in [-0.4, -0.2) is 12.0 Å². The van der Waals surface area contributed by atoms with Crippen LogP contribution in [0.3, 0.4) is 0 Å². The first-order valence-electron chi connectivity index (χ1n) is 3.99. The normalized spacial score (nSPS) is 12.5. The molecule has 0 amide bonds. The van der Waals surface area contributed by atoms with Crippen molar-refractivity contribution < 1.29 is 0 Å². The lowest BCUT2D eigenvalue weighted by molar-refractivity contribution is 0.660. The molecule has 0 aliphatic rings. The lowest BCUT2D eigenvalue weighted by Crippen LogP contribution is -2.17. The van der Waals surface area contributed by atoms with Crippen molar-refractivity contribution in [2.45, 2.75) is 13.0 Å². The summed E-state index contributed by atoms with van der Waals surface area (Å²) >= 11 is 0. The molecule has 0 fully saturated rings. The van der Waals surface area contributed by atoms with Gasteiger partial charge in [0, 0.05) is 6.20 Å². The minimum absolute atomic E-state index is 0.172. The van der Waals surface area contributed by atoms with Crippen LogP contribution in [0.4, 0.5) is 0 Å². The Morgan fingerprint density at radius 2 is 2.33 bits per heavy atom. The highest BCUT2D eigenvalue weighted by Gasteiger charge is 2.09. The molecule has 0 saturated heterocycles. The first-order chi connectivity index (χ1) is 5.75. The van der Waals surface area contributed by atoms with Crippen LogP contribution in [0.5, 0.6) is 0 Å². The summed E-state index contributed by atoms with van der Waals surface area (Å²) in [4.78, 5) is 4.25. The second-order valence-electron chi connectivity index (χ2n) is 2.82. The summed E-state index contributed by atoms with van der Waals surface area (Å²) in [6, 6.07) is 6.06. The van der Waals surface area contributed by atoms with Crippen molar-refractivity contribution in [3.63, 3.8) is 0 Å². The van der Waals surface area contributed by atoms with Gasteiger partial charge in [0.1, 0.15) is 0 Å². The lowest BCUT2D eigenvalue weighted by Gasteiger charge is -2.14. The Hall–Kier alpha value is -1.15. The molecule has 0 spiro atoms. The maximum Gasteiger partial charge on any atom is 0.0703 e. The fourth-order valence-electron chi connectivity index (χ4n) is 1.19. The Morgan fingerprint density at radius 1 is 1.58 bits per heavy atom. The third-order valence-electron chi connectivity index (χ3n) is 1.77. The van der Waals surface area contributed by atoms with E-state index in [4.69, 9.17) is 0 Å². The Balaban J connectivity index is 2.88. The summed E-state index contributed by atoms with van der Waals surface area (Å²) < 4.78 is 0. The summed E-state index contributed by atoms with van der Waals surface area (Å²) in [6.45, 7) is 5.90. The van der Waals surface area contributed by atoms with Gasteiger partial charge < -0.3 is 5.32 Å². The molecule has 1 unspecified atom stereocenters. The highest BCUT2D eigenvalue weighted by atomic mass is 14.9. The third kappa shape index (κ3) is 1.92. The van der Waals surface area contributed by atoms with E-state index in [0.29, 0.717) is 0 Å². The highest BCUT2D eigenvalue weighted by molar-refractivity contribution is 5.18. The van der Waals surface area contributed by atoms with Gasteiger partial charge in [-0.25, -0.2) is 0 Å². The minimum atomic E-state index is 0.172. The summed E-state index contributed by atoms with van der Waals surface area (Å²) in [6.07, 6.45) is 1.79. The van der Waals surface area contributed by atoms with Crippen LogP contribution in [0.25, 0.3) is 0 Å². The summed E-state index contributed by atoms with van der Waals surface area (Å²) in [5.74, 6) is 0. The largest absolute Gasteiger partial charge is 0.308 e. The SMILES string of the molecule is C=C(C)C(NC)c1ccccn1. The van der Waals surface area contributed by atoms with E-state index in [9.17, 15) is 0 Å². The van der Waals surface area contributed by atoms with Gasteiger partial charge in [0.25, 0.3) is 0 Å². The van der Waals surface area contributed by atoms with E-state index in [2.05, 4.69) is 16.9 Å². The molecular formula is C10H14N2. The molecule has 0 radical (unpaired) electrons. The van der Waals surface area contributed by atoms with Gasteiger partial charge >= 0.3 is 0 Å².